The number of piperidine rings is 1. The van der Waals surface area contributed by atoms with Gasteiger partial charge < -0.3 is 19.5 Å². The van der Waals surface area contributed by atoms with E-state index in [0.717, 1.165) is 0 Å². The molecule has 1 atom stereocenters. The number of nitrogens with zero attached hydrogens (tertiary/aromatic N) is 1. The van der Waals surface area contributed by atoms with Gasteiger partial charge in [-0.15, -0.1) is 0 Å². The van der Waals surface area contributed by atoms with E-state index in [9.17, 15) is 14.7 Å². The van der Waals surface area contributed by atoms with Crippen LogP contribution in [0.5, 0.6) is 5.75 Å². The van der Waals surface area contributed by atoms with Gasteiger partial charge in [0.15, 0.2) is 0 Å². The van der Waals surface area contributed by atoms with Gasteiger partial charge in [0, 0.05) is 25.8 Å². The lowest BCUT2D eigenvalue weighted by Gasteiger charge is -2.39. The maximum absolute atomic E-state index is 12.8. The number of likely N-dealkylation sites (tertiary alicyclic amines) is 1. The van der Waals surface area contributed by atoms with Crippen molar-refractivity contribution < 1.29 is 24.2 Å². The summed E-state index contributed by atoms with van der Waals surface area (Å²) in [5, 5.41) is 9.60. The van der Waals surface area contributed by atoms with Crippen LogP contribution in [0.3, 0.4) is 0 Å². The molecule has 0 bridgehead atoms. The van der Waals surface area contributed by atoms with Crippen molar-refractivity contribution in [3.8, 4) is 5.75 Å². The Labute approximate surface area is 148 Å². The molecule has 1 aliphatic rings. The summed E-state index contributed by atoms with van der Waals surface area (Å²) in [5.74, 6) is -0.383. The number of rotatable bonds is 5. The van der Waals surface area contributed by atoms with Gasteiger partial charge in [0.25, 0.3) is 5.91 Å². The highest BCUT2D eigenvalue weighted by atomic mass is 16.5. The van der Waals surface area contributed by atoms with E-state index in [0.29, 0.717) is 30.7 Å². The summed E-state index contributed by atoms with van der Waals surface area (Å²) < 4.78 is 10.9. The van der Waals surface area contributed by atoms with Crippen molar-refractivity contribution in [2.24, 2.45) is 5.41 Å². The highest BCUT2D eigenvalue weighted by Gasteiger charge is 2.44. The topological polar surface area (TPSA) is 76.1 Å². The molecule has 1 aromatic carbocycles. The first-order valence-electron chi connectivity index (χ1n) is 8.48. The lowest BCUT2D eigenvalue weighted by atomic mass is 9.80. The lowest BCUT2D eigenvalue weighted by Crippen LogP contribution is -2.52. The van der Waals surface area contributed by atoms with Crippen LogP contribution >= 0.6 is 0 Å². The Morgan fingerprint density at radius 2 is 1.88 bits per heavy atom. The number of hydrogen-bond acceptors (Lipinski definition) is 4. The number of amides is 1. The van der Waals surface area contributed by atoms with Crippen molar-refractivity contribution in [3.63, 3.8) is 0 Å². The fourth-order valence-corrected chi connectivity index (χ4v) is 3.14. The summed E-state index contributed by atoms with van der Waals surface area (Å²) in [7, 11) is 1.49. The van der Waals surface area contributed by atoms with Crippen LogP contribution in [0.2, 0.25) is 0 Å². The SMILES string of the molecule is COCC1(C(=O)O)CCCN(C(=O)c2ccc(OC(C)(C)C)cc2)C1. The quantitative estimate of drug-likeness (QED) is 0.884. The van der Waals surface area contributed by atoms with Crippen molar-refractivity contribution in [2.45, 2.75) is 39.2 Å². The van der Waals surface area contributed by atoms with Crippen LogP contribution in [0.25, 0.3) is 0 Å². The Bertz CT molecular complexity index is 616. The second-order valence-corrected chi connectivity index (χ2v) is 7.59. The number of benzene rings is 1. The zero-order valence-corrected chi connectivity index (χ0v) is 15.4. The summed E-state index contributed by atoms with van der Waals surface area (Å²) in [6.45, 7) is 6.70. The molecule has 1 N–H and O–H groups in total. The Morgan fingerprint density at radius 3 is 2.40 bits per heavy atom. The molecule has 0 aliphatic carbocycles. The van der Waals surface area contributed by atoms with E-state index in [1.165, 1.54) is 7.11 Å². The molecule has 6 nitrogen and oxygen atoms in total. The highest BCUT2D eigenvalue weighted by molar-refractivity contribution is 5.95. The molecule has 1 aliphatic heterocycles. The van der Waals surface area contributed by atoms with Crippen LogP contribution < -0.4 is 4.74 Å². The number of hydrogen-bond donors (Lipinski definition) is 1. The normalized spacial score (nSPS) is 21.0. The minimum Gasteiger partial charge on any atom is -0.488 e. The fourth-order valence-electron chi connectivity index (χ4n) is 3.14. The number of carbonyl (C=O) groups excluding carboxylic acids is 1. The Morgan fingerprint density at radius 1 is 1.24 bits per heavy atom. The van der Waals surface area contributed by atoms with Crippen molar-refractivity contribution in [1.82, 2.24) is 4.90 Å². The van der Waals surface area contributed by atoms with E-state index < -0.39 is 11.4 Å². The molecule has 0 saturated carbocycles. The average Bonchev–Trinajstić information content (AvgIpc) is 2.54. The first kappa shape index (κ1) is 19.2. The molecule has 0 aromatic heterocycles. The van der Waals surface area contributed by atoms with Crippen LogP contribution in [0.4, 0.5) is 0 Å². The Hall–Kier alpha value is -2.08. The number of ether oxygens (including phenoxy) is 2. The van der Waals surface area contributed by atoms with E-state index in [1.807, 2.05) is 20.8 Å². The van der Waals surface area contributed by atoms with Gasteiger partial charge in [-0.1, -0.05) is 0 Å². The molecule has 1 unspecified atom stereocenters. The largest absolute Gasteiger partial charge is 0.488 e. The molecular formula is C19H27NO5. The van der Waals surface area contributed by atoms with Gasteiger partial charge in [-0.2, -0.15) is 0 Å². The van der Waals surface area contributed by atoms with E-state index >= 15 is 0 Å². The average molecular weight is 349 g/mol. The number of carboxylic acids is 1. The molecule has 2 rings (SSSR count). The third-order valence-electron chi connectivity index (χ3n) is 4.26. The standard InChI is InChI=1S/C19H27NO5/c1-18(2,3)25-15-8-6-14(7-9-15)16(21)20-11-5-10-19(12-20,13-24-4)17(22)23/h6-9H,5,10-13H2,1-4H3,(H,22,23). The van der Waals surface area contributed by atoms with Gasteiger partial charge in [0.2, 0.25) is 0 Å². The minimum atomic E-state index is -1.03. The van der Waals surface area contributed by atoms with Crippen LogP contribution in [0.1, 0.15) is 44.0 Å². The van der Waals surface area contributed by atoms with Crippen LogP contribution in [-0.2, 0) is 9.53 Å². The molecule has 1 amide bonds. The zero-order chi connectivity index (χ0) is 18.7. The van der Waals surface area contributed by atoms with E-state index in [1.54, 1.807) is 29.2 Å². The molecule has 1 saturated heterocycles. The molecule has 1 aromatic rings. The van der Waals surface area contributed by atoms with Crippen molar-refractivity contribution in [3.05, 3.63) is 29.8 Å². The third-order valence-corrected chi connectivity index (χ3v) is 4.26. The summed E-state index contributed by atoms with van der Waals surface area (Å²) in [5.41, 5.74) is -0.808. The van der Waals surface area contributed by atoms with Gasteiger partial charge in [-0.25, -0.2) is 0 Å². The van der Waals surface area contributed by atoms with Gasteiger partial charge in [0.05, 0.1) is 6.61 Å². The third kappa shape index (κ3) is 4.72. The molecule has 0 radical (unpaired) electrons. The number of aliphatic carboxylic acids is 1. The summed E-state index contributed by atoms with van der Waals surface area (Å²) in [6.07, 6.45) is 1.16. The second-order valence-electron chi connectivity index (χ2n) is 7.59. The van der Waals surface area contributed by atoms with Crippen molar-refractivity contribution in [1.29, 1.82) is 0 Å². The predicted octanol–water partition coefficient (Wildman–Crippen LogP) is 2.82. The number of carboxylic acid groups (broad SMARTS) is 1. The first-order chi connectivity index (χ1) is 11.7. The molecule has 25 heavy (non-hydrogen) atoms. The Balaban J connectivity index is 2.13. The molecule has 1 fully saturated rings. The maximum atomic E-state index is 12.8. The summed E-state index contributed by atoms with van der Waals surface area (Å²) in [4.78, 5) is 26.1. The van der Waals surface area contributed by atoms with Crippen molar-refractivity contribution >= 4 is 11.9 Å². The summed E-state index contributed by atoms with van der Waals surface area (Å²) >= 11 is 0. The van der Waals surface area contributed by atoms with E-state index in [4.69, 9.17) is 9.47 Å². The highest BCUT2D eigenvalue weighted by Crippen LogP contribution is 2.31. The van der Waals surface area contributed by atoms with Gasteiger partial charge >= 0.3 is 5.97 Å². The Kier molecular flexibility index (Phi) is 5.72. The first-order valence-corrected chi connectivity index (χ1v) is 8.48. The fraction of sp³-hybridized carbons (Fsp3) is 0.579. The maximum Gasteiger partial charge on any atom is 0.313 e. The smallest absolute Gasteiger partial charge is 0.313 e. The zero-order valence-electron chi connectivity index (χ0n) is 15.4. The van der Waals surface area contributed by atoms with Gasteiger partial charge in [0.1, 0.15) is 16.8 Å². The molecule has 138 valence electrons. The molecule has 0 spiro atoms. The predicted molar refractivity (Wildman–Crippen MR) is 93.9 cm³/mol. The van der Waals surface area contributed by atoms with E-state index in [-0.39, 0.29) is 24.7 Å². The molecule has 1 heterocycles. The van der Waals surface area contributed by atoms with Crippen LogP contribution in [0, 0.1) is 5.41 Å². The summed E-state index contributed by atoms with van der Waals surface area (Å²) in [6, 6.07) is 6.97. The van der Waals surface area contributed by atoms with E-state index in [2.05, 4.69) is 0 Å². The number of carbonyl (C=O) groups is 2. The van der Waals surface area contributed by atoms with Gasteiger partial charge in [-0.05, 0) is 57.9 Å². The van der Waals surface area contributed by atoms with Crippen LogP contribution in [0.15, 0.2) is 24.3 Å². The molecular weight excluding hydrogens is 322 g/mol. The minimum absolute atomic E-state index is 0.102. The van der Waals surface area contributed by atoms with Gasteiger partial charge in [-0.3, -0.25) is 9.59 Å². The van der Waals surface area contributed by atoms with Crippen LogP contribution in [-0.4, -0.2) is 54.3 Å². The lowest BCUT2D eigenvalue weighted by molar-refractivity contribution is -0.155. The molecule has 6 heteroatoms. The monoisotopic (exact) mass is 349 g/mol. The number of methoxy groups -OCH3 is 1. The van der Waals surface area contributed by atoms with Crippen molar-refractivity contribution in [2.75, 3.05) is 26.8 Å². The second kappa shape index (κ2) is 7.44.